The topological polar surface area (TPSA) is 42.9 Å². The van der Waals surface area contributed by atoms with Crippen LogP contribution >= 0.6 is 0 Å². The van der Waals surface area contributed by atoms with Crippen molar-refractivity contribution in [1.82, 2.24) is 9.97 Å². The van der Waals surface area contributed by atoms with E-state index in [0.717, 1.165) is 16.6 Å². The van der Waals surface area contributed by atoms with Crippen LogP contribution in [0.2, 0.25) is 0 Å². The molecule has 0 unspecified atom stereocenters. The number of nitrogens with zero attached hydrogens (tertiary/aromatic N) is 2. The minimum absolute atomic E-state index is 0.132. The Morgan fingerprint density at radius 3 is 2.45 bits per heavy atom. The summed E-state index contributed by atoms with van der Waals surface area (Å²) in [4.78, 5) is 20.8. The molecule has 20 heavy (non-hydrogen) atoms. The Balaban J connectivity index is 2.10. The van der Waals surface area contributed by atoms with Crippen LogP contribution in [0.1, 0.15) is 21.9 Å². The van der Waals surface area contributed by atoms with E-state index in [4.69, 9.17) is 0 Å². The predicted molar refractivity (Wildman–Crippen MR) is 74.1 cm³/mol. The SMILES string of the molecule is Cc1nc(C(=O)c2ccc(F)cc2)nc2ccccc12. The highest BCUT2D eigenvalue weighted by molar-refractivity contribution is 6.07. The Labute approximate surface area is 115 Å². The lowest BCUT2D eigenvalue weighted by Gasteiger charge is -2.05. The largest absolute Gasteiger partial charge is 0.285 e. The van der Waals surface area contributed by atoms with E-state index in [-0.39, 0.29) is 17.4 Å². The molecule has 3 rings (SSSR count). The summed E-state index contributed by atoms with van der Waals surface area (Å²) in [5, 5.41) is 0.920. The van der Waals surface area contributed by atoms with Gasteiger partial charge >= 0.3 is 0 Å². The summed E-state index contributed by atoms with van der Waals surface area (Å²) in [7, 11) is 0. The number of halogens is 1. The molecule has 98 valence electrons. The Hall–Kier alpha value is -2.62. The number of hydrogen-bond acceptors (Lipinski definition) is 3. The molecule has 0 amide bonds. The number of benzene rings is 2. The van der Waals surface area contributed by atoms with E-state index in [1.54, 1.807) is 0 Å². The van der Waals surface area contributed by atoms with Crippen LogP contribution in [0.5, 0.6) is 0 Å². The lowest BCUT2D eigenvalue weighted by molar-refractivity contribution is 0.102. The highest BCUT2D eigenvalue weighted by Gasteiger charge is 2.14. The fourth-order valence-electron chi connectivity index (χ4n) is 2.07. The van der Waals surface area contributed by atoms with Crippen molar-refractivity contribution < 1.29 is 9.18 Å². The Bertz CT molecular complexity index is 797. The second kappa shape index (κ2) is 4.81. The molecule has 0 N–H and O–H groups in total. The fourth-order valence-corrected chi connectivity index (χ4v) is 2.07. The number of carbonyl (C=O) groups is 1. The average Bonchev–Trinajstić information content (AvgIpc) is 2.47. The zero-order valence-corrected chi connectivity index (χ0v) is 10.8. The highest BCUT2D eigenvalue weighted by Crippen LogP contribution is 2.16. The zero-order chi connectivity index (χ0) is 14.1. The van der Waals surface area contributed by atoms with Crippen LogP contribution in [0.4, 0.5) is 4.39 Å². The van der Waals surface area contributed by atoms with E-state index >= 15 is 0 Å². The highest BCUT2D eigenvalue weighted by atomic mass is 19.1. The quantitative estimate of drug-likeness (QED) is 0.668. The van der Waals surface area contributed by atoms with Gasteiger partial charge in [0.1, 0.15) is 5.82 Å². The third kappa shape index (κ3) is 2.16. The molecule has 0 aliphatic carbocycles. The van der Waals surface area contributed by atoms with Gasteiger partial charge in [-0.1, -0.05) is 18.2 Å². The molecule has 3 nitrogen and oxygen atoms in total. The van der Waals surface area contributed by atoms with Gasteiger partial charge in [0, 0.05) is 16.6 Å². The van der Waals surface area contributed by atoms with Gasteiger partial charge in [-0.3, -0.25) is 4.79 Å². The normalized spacial score (nSPS) is 10.7. The van der Waals surface area contributed by atoms with Crippen molar-refractivity contribution in [2.45, 2.75) is 6.92 Å². The molecule has 0 spiro atoms. The van der Waals surface area contributed by atoms with E-state index in [2.05, 4.69) is 9.97 Å². The molecule has 3 aromatic rings. The van der Waals surface area contributed by atoms with Crippen molar-refractivity contribution in [3.63, 3.8) is 0 Å². The monoisotopic (exact) mass is 266 g/mol. The van der Waals surface area contributed by atoms with Crippen LogP contribution in [-0.2, 0) is 0 Å². The van der Waals surface area contributed by atoms with Gasteiger partial charge < -0.3 is 0 Å². The molecule has 4 heteroatoms. The molecule has 0 fully saturated rings. The fraction of sp³-hybridized carbons (Fsp3) is 0.0625. The zero-order valence-electron chi connectivity index (χ0n) is 10.8. The van der Waals surface area contributed by atoms with Crippen molar-refractivity contribution in [2.75, 3.05) is 0 Å². The minimum atomic E-state index is -0.378. The van der Waals surface area contributed by atoms with Gasteiger partial charge in [-0.15, -0.1) is 0 Å². The molecule has 1 heterocycles. The lowest BCUT2D eigenvalue weighted by Crippen LogP contribution is -2.08. The van der Waals surface area contributed by atoms with Crippen LogP contribution in [0.25, 0.3) is 10.9 Å². The first kappa shape index (κ1) is 12.4. The van der Waals surface area contributed by atoms with Gasteiger partial charge in [0.05, 0.1) is 5.52 Å². The molecular weight excluding hydrogens is 255 g/mol. The molecule has 2 aromatic carbocycles. The lowest BCUT2D eigenvalue weighted by atomic mass is 10.1. The Morgan fingerprint density at radius 2 is 1.70 bits per heavy atom. The Kier molecular flexibility index (Phi) is 2.99. The number of carbonyl (C=O) groups excluding carboxylic acids is 1. The van der Waals surface area contributed by atoms with E-state index in [0.29, 0.717) is 5.56 Å². The van der Waals surface area contributed by atoms with E-state index < -0.39 is 0 Å². The molecule has 0 aliphatic rings. The van der Waals surface area contributed by atoms with Crippen LogP contribution in [0.3, 0.4) is 0 Å². The van der Waals surface area contributed by atoms with Gasteiger partial charge in [0.2, 0.25) is 11.6 Å². The summed E-state index contributed by atoms with van der Waals surface area (Å²) in [6.45, 7) is 1.84. The summed E-state index contributed by atoms with van der Waals surface area (Å²) in [5.41, 5.74) is 1.85. The molecule has 0 saturated carbocycles. The van der Waals surface area contributed by atoms with Gasteiger partial charge in [-0.05, 0) is 37.3 Å². The van der Waals surface area contributed by atoms with Crippen LogP contribution in [0, 0.1) is 12.7 Å². The van der Waals surface area contributed by atoms with Crippen molar-refractivity contribution in [3.8, 4) is 0 Å². The number of aryl methyl sites for hydroxylation is 1. The molecular formula is C16H11FN2O. The maximum atomic E-state index is 12.9. The predicted octanol–water partition coefficient (Wildman–Crippen LogP) is 3.31. The van der Waals surface area contributed by atoms with E-state index in [1.165, 1.54) is 24.3 Å². The molecule has 0 radical (unpaired) electrons. The van der Waals surface area contributed by atoms with Crippen molar-refractivity contribution in [1.29, 1.82) is 0 Å². The number of aromatic nitrogens is 2. The summed E-state index contributed by atoms with van der Waals surface area (Å²) in [6, 6.07) is 12.9. The number of para-hydroxylation sites is 1. The van der Waals surface area contributed by atoms with Crippen LogP contribution in [0.15, 0.2) is 48.5 Å². The maximum absolute atomic E-state index is 12.9. The molecule has 0 bridgehead atoms. The van der Waals surface area contributed by atoms with Gasteiger partial charge in [-0.25, -0.2) is 14.4 Å². The summed E-state index contributed by atoms with van der Waals surface area (Å²) in [5.74, 6) is -0.552. The van der Waals surface area contributed by atoms with E-state index in [9.17, 15) is 9.18 Å². The average molecular weight is 266 g/mol. The third-order valence-electron chi connectivity index (χ3n) is 3.10. The number of ketones is 1. The van der Waals surface area contributed by atoms with E-state index in [1.807, 2.05) is 31.2 Å². The maximum Gasteiger partial charge on any atom is 0.230 e. The summed E-state index contributed by atoms with van der Waals surface area (Å²) >= 11 is 0. The second-order valence-electron chi connectivity index (χ2n) is 4.49. The number of rotatable bonds is 2. The van der Waals surface area contributed by atoms with Gasteiger partial charge in [0.25, 0.3) is 0 Å². The first-order valence-corrected chi connectivity index (χ1v) is 6.19. The first-order valence-electron chi connectivity index (χ1n) is 6.19. The van der Waals surface area contributed by atoms with Crippen LogP contribution in [-0.4, -0.2) is 15.8 Å². The summed E-state index contributed by atoms with van der Waals surface area (Å²) < 4.78 is 12.9. The second-order valence-corrected chi connectivity index (χ2v) is 4.49. The van der Waals surface area contributed by atoms with Gasteiger partial charge in [-0.2, -0.15) is 0 Å². The number of hydrogen-bond donors (Lipinski definition) is 0. The number of fused-ring (bicyclic) bond motifs is 1. The standard InChI is InChI=1S/C16H11FN2O/c1-10-13-4-2-3-5-14(13)19-16(18-10)15(20)11-6-8-12(17)9-7-11/h2-9H,1H3. The molecule has 0 saturated heterocycles. The first-order chi connectivity index (χ1) is 9.65. The molecule has 0 aliphatic heterocycles. The van der Waals surface area contributed by atoms with Crippen LogP contribution < -0.4 is 0 Å². The molecule has 0 atom stereocenters. The van der Waals surface area contributed by atoms with Crippen molar-refractivity contribution >= 4 is 16.7 Å². The minimum Gasteiger partial charge on any atom is -0.285 e. The third-order valence-corrected chi connectivity index (χ3v) is 3.10. The smallest absolute Gasteiger partial charge is 0.230 e. The van der Waals surface area contributed by atoms with Crippen molar-refractivity contribution in [2.24, 2.45) is 0 Å². The molecule has 1 aromatic heterocycles. The Morgan fingerprint density at radius 1 is 1.00 bits per heavy atom. The summed E-state index contributed by atoms with van der Waals surface area (Å²) in [6.07, 6.45) is 0. The van der Waals surface area contributed by atoms with Gasteiger partial charge in [0.15, 0.2) is 0 Å². The van der Waals surface area contributed by atoms with Crippen molar-refractivity contribution in [3.05, 3.63) is 71.4 Å².